The predicted molar refractivity (Wildman–Crippen MR) is 46.4 cm³/mol. The number of benzene rings is 1. The van der Waals surface area contributed by atoms with Crippen molar-refractivity contribution in [2.75, 3.05) is 6.61 Å². The quantitative estimate of drug-likeness (QED) is 0.651. The van der Waals surface area contributed by atoms with Crippen molar-refractivity contribution in [3.63, 3.8) is 0 Å². The Labute approximate surface area is 75.8 Å². The lowest BCUT2D eigenvalue weighted by atomic mass is 10.2. The van der Waals surface area contributed by atoms with Crippen LogP contribution in [0.3, 0.4) is 0 Å². The van der Waals surface area contributed by atoms with Crippen LogP contribution in [-0.2, 0) is 9.63 Å². The molecule has 1 fully saturated rings. The zero-order valence-corrected chi connectivity index (χ0v) is 6.99. The second-order valence-electron chi connectivity index (χ2n) is 2.82. The molecule has 1 aromatic carbocycles. The van der Waals surface area contributed by atoms with E-state index in [2.05, 4.69) is 10.8 Å². The summed E-state index contributed by atoms with van der Waals surface area (Å²) in [7, 11) is 0. The molecule has 0 saturated carbocycles. The van der Waals surface area contributed by atoms with Crippen molar-refractivity contribution in [3.8, 4) is 0 Å². The second-order valence-corrected chi connectivity index (χ2v) is 2.82. The van der Waals surface area contributed by atoms with E-state index in [9.17, 15) is 4.79 Å². The van der Waals surface area contributed by atoms with Gasteiger partial charge in [0.25, 0.3) is 0 Å². The van der Waals surface area contributed by atoms with Crippen LogP contribution >= 0.6 is 0 Å². The highest BCUT2D eigenvalue weighted by molar-refractivity contribution is 5.78. The van der Waals surface area contributed by atoms with E-state index in [1.165, 1.54) is 0 Å². The molecule has 1 atom stereocenters. The van der Waals surface area contributed by atoms with Gasteiger partial charge in [0.05, 0.1) is 0 Å². The molecule has 2 N–H and O–H groups in total. The van der Waals surface area contributed by atoms with E-state index < -0.39 is 0 Å². The summed E-state index contributed by atoms with van der Waals surface area (Å²) >= 11 is 0. The van der Waals surface area contributed by atoms with Crippen molar-refractivity contribution in [1.82, 2.24) is 10.8 Å². The number of hydroxylamine groups is 1. The highest BCUT2D eigenvalue weighted by Crippen LogP contribution is 2.10. The van der Waals surface area contributed by atoms with Crippen LogP contribution in [0.1, 0.15) is 11.7 Å². The van der Waals surface area contributed by atoms with Crippen LogP contribution in [0.2, 0.25) is 0 Å². The highest BCUT2D eigenvalue weighted by atomic mass is 16.7. The minimum Gasteiger partial charge on any atom is -0.333 e. The molecule has 0 aliphatic carbocycles. The molecule has 0 bridgehead atoms. The van der Waals surface area contributed by atoms with Gasteiger partial charge in [0, 0.05) is 0 Å². The molecular weight excluding hydrogens is 168 g/mol. The third-order valence-corrected chi connectivity index (χ3v) is 1.84. The van der Waals surface area contributed by atoms with Crippen LogP contribution in [0, 0.1) is 0 Å². The Morgan fingerprint density at radius 3 is 2.77 bits per heavy atom. The fourth-order valence-corrected chi connectivity index (χ4v) is 1.22. The molecule has 0 radical (unpaired) electrons. The molecule has 0 aromatic heterocycles. The molecule has 13 heavy (non-hydrogen) atoms. The van der Waals surface area contributed by atoms with Crippen LogP contribution in [0.5, 0.6) is 0 Å². The normalized spacial score (nSPS) is 22.5. The largest absolute Gasteiger partial charge is 0.333 e. The second kappa shape index (κ2) is 3.55. The fraction of sp³-hybridized carbons (Fsp3) is 0.222. The molecule has 4 heteroatoms. The first kappa shape index (κ1) is 8.22. The first-order valence-electron chi connectivity index (χ1n) is 4.08. The summed E-state index contributed by atoms with van der Waals surface area (Å²) in [4.78, 5) is 15.9. The zero-order chi connectivity index (χ0) is 9.10. The molecule has 1 heterocycles. The lowest BCUT2D eigenvalue weighted by Crippen LogP contribution is -2.46. The minimum atomic E-state index is -0.234. The Balaban J connectivity index is 2.13. The molecule has 4 nitrogen and oxygen atoms in total. The summed E-state index contributed by atoms with van der Waals surface area (Å²) in [6, 6.07) is 9.60. The summed E-state index contributed by atoms with van der Waals surface area (Å²) in [5, 5.41) is 2.76. The van der Waals surface area contributed by atoms with E-state index in [-0.39, 0.29) is 18.7 Å². The zero-order valence-electron chi connectivity index (χ0n) is 6.99. The maximum Gasteiger partial charge on any atom is 0.249 e. The van der Waals surface area contributed by atoms with Gasteiger partial charge in [0.15, 0.2) is 0 Å². The van der Waals surface area contributed by atoms with Gasteiger partial charge in [-0.25, -0.2) is 0 Å². The first-order valence-corrected chi connectivity index (χ1v) is 4.08. The van der Waals surface area contributed by atoms with Crippen molar-refractivity contribution in [2.45, 2.75) is 6.17 Å². The molecule has 1 amide bonds. The van der Waals surface area contributed by atoms with E-state index in [4.69, 9.17) is 4.84 Å². The van der Waals surface area contributed by atoms with E-state index in [1.807, 2.05) is 30.3 Å². The first-order chi connectivity index (χ1) is 6.36. The number of carbonyl (C=O) groups is 1. The Kier molecular flexibility index (Phi) is 2.25. The third-order valence-electron chi connectivity index (χ3n) is 1.84. The van der Waals surface area contributed by atoms with Crippen molar-refractivity contribution in [1.29, 1.82) is 0 Å². The minimum absolute atomic E-state index is 0.0728. The molecular formula is C9H10N2O2. The average Bonchev–Trinajstić information content (AvgIpc) is 2.19. The molecule has 1 saturated heterocycles. The van der Waals surface area contributed by atoms with E-state index in [1.54, 1.807) is 0 Å². The van der Waals surface area contributed by atoms with Gasteiger partial charge in [0.2, 0.25) is 5.91 Å². The maximum absolute atomic E-state index is 11.0. The van der Waals surface area contributed by atoms with Gasteiger partial charge in [0.1, 0.15) is 12.8 Å². The van der Waals surface area contributed by atoms with Crippen LogP contribution in [0.4, 0.5) is 0 Å². The molecule has 0 spiro atoms. The van der Waals surface area contributed by atoms with E-state index >= 15 is 0 Å². The van der Waals surface area contributed by atoms with Crippen LogP contribution in [-0.4, -0.2) is 12.5 Å². The highest BCUT2D eigenvalue weighted by Gasteiger charge is 2.18. The number of carbonyl (C=O) groups excluding carboxylic acids is 1. The van der Waals surface area contributed by atoms with Crippen molar-refractivity contribution < 1.29 is 9.63 Å². The van der Waals surface area contributed by atoms with Gasteiger partial charge in [-0.2, -0.15) is 5.48 Å². The van der Waals surface area contributed by atoms with E-state index in [0.29, 0.717) is 0 Å². The average molecular weight is 178 g/mol. The topological polar surface area (TPSA) is 50.4 Å². The third kappa shape index (κ3) is 1.85. The monoisotopic (exact) mass is 178 g/mol. The summed E-state index contributed by atoms with van der Waals surface area (Å²) in [5.41, 5.74) is 3.72. The molecule has 68 valence electrons. The van der Waals surface area contributed by atoms with Crippen molar-refractivity contribution >= 4 is 5.91 Å². The summed E-state index contributed by atoms with van der Waals surface area (Å²) in [5.74, 6) is -0.104. The standard InChI is InChI=1S/C9H10N2O2/c12-8-6-13-11-9(10-8)7-4-2-1-3-5-7/h1-5,9,11H,6H2,(H,10,12). The maximum atomic E-state index is 11.0. The molecule has 2 rings (SSSR count). The van der Waals surface area contributed by atoms with E-state index in [0.717, 1.165) is 5.56 Å². The summed E-state index contributed by atoms with van der Waals surface area (Å²) in [6.07, 6.45) is -0.234. The van der Waals surface area contributed by atoms with Crippen molar-refractivity contribution in [3.05, 3.63) is 35.9 Å². The molecule has 1 unspecified atom stereocenters. The predicted octanol–water partition coefficient (Wildman–Crippen LogP) is 0.336. The summed E-state index contributed by atoms with van der Waals surface area (Å²) < 4.78 is 0. The fourth-order valence-electron chi connectivity index (χ4n) is 1.22. The number of nitrogens with one attached hydrogen (secondary N) is 2. The smallest absolute Gasteiger partial charge is 0.249 e. The van der Waals surface area contributed by atoms with Gasteiger partial charge in [-0.15, -0.1) is 0 Å². The van der Waals surface area contributed by atoms with Gasteiger partial charge in [-0.3, -0.25) is 9.63 Å². The van der Waals surface area contributed by atoms with Crippen LogP contribution in [0.15, 0.2) is 30.3 Å². The lowest BCUT2D eigenvalue weighted by Gasteiger charge is -2.24. The number of hydrogen-bond acceptors (Lipinski definition) is 3. The number of hydrogen-bond donors (Lipinski definition) is 2. The number of amides is 1. The van der Waals surface area contributed by atoms with Gasteiger partial charge < -0.3 is 5.32 Å². The van der Waals surface area contributed by atoms with Gasteiger partial charge in [-0.1, -0.05) is 30.3 Å². The van der Waals surface area contributed by atoms with Gasteiger partial charge in [-0.05, 0) is 5.56 Å². The molecule has 1 aliphatic rings. The van der Waals surface area contributed by atoms with Crippen molar-refractivity contribution in [2.24, 2.45) is 0 Å². The molecule has 1 aromatic rings. The van der Waals surface area contributed by atoms with Crippen LogP contribution < -0.4 is 10.8 Å². The Bertz CT molecular complexity index is 300. The van der Waals surface area contributed by atoms with Crippen LogP contribution in [0.25, 0.3) is 0 Å². The summed E-state index contributed by atoms with van der Waals surface area (Å²) in [6.45, 7) is 0.0728. The Morgan fingerprint density at radius 1 is 1.31 bits per heavy atom. The Hall–Kier alpha value is -1.39. The number of rotatable bonds is 1. The Morgan fingerprint density at radius 2 is 2.08 bits per heavy atom. The molecule has 1 aliphatic heterocycles. The lowest BCUT2D eigenvalue weighted by molar-refractivity contribution is -0.139. The van der Waals surface area contributed by atoms with Gasteiger partial charge >= 0.3 is 0 Å². The SMILES string of the molecule is O=C1CONC(c2ccccc2)N1.